The van der Waals surface area contributed by atoms with E-state index in [0.717, 1.165) is 16.0 Å². The molecule has 3 aromatic heterocycles. The van der Waals surface area contributed by atoms with Gasteiger partial charge in [0.25, 0.3) is 5.56 Å². The molecule has 1 N–H and O–H groups in total. The second-order valence-corrected chi connectivity index (χ2v) is 9.42. The van der Waals surface area contributed by atoms with E-state index < -0.39 is 0 Å². The van der Waals surface area contributed by atoms with Crippen LogP contribution in [0.25, 0.3) is 20.7 Å². The van der Waals surface area contributed by atoms with E-state index in [4.69, 9.17) is 0 Å². The number of aryl methyl sites for hydroxylation is 1. The van der Waals surface area contributed by atoms with Crippen molar-refractivity contribution in [3.8, 4) is 10.4 Å². The number of hydrogen-bond acceptors (Lipinski definition) is 6. The van der Waals surface area contributed by atoms with Crippen molar-refractivity contribution in [2.45, 2.75) is 26.8 Å². The fourth-order valence-corrected chi connectivity index (χ4v) is 5.19. The van der Waals surface area contributed by atoms with E-state index in [2.05, 4.69) is 10.3 Å². The van der Waals surface area contributed by atoms with Gasteiger partial charge < -0.3 is 5.32 Å². The first-order valence-electron chi connectivity index (χ1n) is 9.82. The number of rotatable bonds is 7. The van der Waals surface area contributed by atoms with Crippen LogP contribution in [-0.2, 0) is 17.8 Å². The zero-order chi connectivity index (χ0) is 22.0. The van der Waals surface area contributed by atoms with Gasteiger partial charge in [0.05, 0.1) is 18.3 Å². The first-order chi connectivity index (χ1) is 14.9. The molecule has 3 heterocycles. The zero-order valence-electron chi connectivity index (χ0n) is 17.2. The van der Waals surface area contributed by atoms with Gasteiger partial charge in [0.2, 0.25) is 5.91 Å². The summed E-state index contributed by atoms with van der Waals surface area (Å²) in [6.07, 6.45) is 2.14. The molecule has 0 bridgehead atoms. The lowest BCUT2D eigenvalue weighted by Gasteiger charge is -2.07. The number of nitrogens with one attached hydrogen (secondary N) is 1. The number of hydrogen-bond donors (Lipinski definition) is 1. The van der Waals surface area contributed by atoms with E-state index in [9.17, 15) is 14.4 Å². The lowest BCUT2D eigenvalue weighted by Crippen LogP contribution is -2.24. The quantitative estimate of drug-likeness (QED) is 0.430. The van der Waals surface area contributed by atoms with Crippen molar-refractivity contribution in [3.63, 3.8) is 0 Å². The van der Waals surface area contributed by atoms with Gasteiger partial charge in [-0.2, -0.15) is 0 Å². The highest BCUT2D eigenvalue weighted by Gasteiger charge is 2.16. The Morgan fingerprint density at radius 3 is 2.58 bits per heavy atom. The van der Waals surface area contributed by atoms with Gasteiger partial charge in [0.1, 0.15) is 4.83 Å². The highest BCUT2D eigenvalue weighted by atomic mass is 32.1. The normalized spacial score (nSPS) is 11.0. The number of thiophene rings is 2. The van der Waals surface area contributed by atoms with Crippen molar-refractivity contribution < 1.29 is 9.59 Å². The molecule has 0 atom stereocenters. The Hall–Kier alpha value is -3.10. The predicted molar refractivity (Wildman–Crippen MR) is 125 cm³/mol. The SMILES string of the molecule is CC(=O)NCCc1ccc(C(=O)Cn2cnc3scc(-c4ccc(C)s4)c3c2=O)cc1. The van der Waals surface area contributed by atoms with E-state index in [1.54, 1.807) is 23.5 Å². The third kappa shape index (κ3) is 4.65. The molecule has 0 spiro atoms. The van der Waals surface area contributed by atoms with Crippen molar-refractivity contribution in [2.75, 3.05) is 6.54 Å². The van der Waals surface area contributed by atoms with Crippen LogP contribution in [0.2, 0.25) is 0 Å². The van der Waals surface area contributed by atoms with Gasteiger partial charge in [-0.05, 0) is 31.0 Å². The van der Waals surface area contributed by atoms with Gasteiger partial charge in [-0.25, -0.2) is 4.98 Å². The van der Waals surface area contributed by atoms with Gasteiger partial charge in [0.15, 0.2) is 5.78 Å². The number of ketones is 1. The number of benzene rings is 1. The van der Waals surface area contributed by atoms with E-state index in [1.807, 2.05) is 36.6 Å². The molecule has 0 aliphatic carbocycles. The summed E-state index contributed by atoms with van der Waals surface area (Å²) in [5.74, 6) is -0.216. The van der Waals surface area contributed by atoms with Crippen molar-refractivity contribution in [3.05, 3.63) is 74.5 Å². The molecule has 4 rings (SSSR count). The van der Waals surface area contributed by atoms with E-state index in [0.29, 0.717) is 28.7 Å². The Bertz CT molecular complexity index is 1320. The van der Waals surface area contributed by atoms with Crippen molar-refractivity contribution in [2.24, 2.45) is 0 Å². The van der Waals surface area contributed by atoms with Crippen molar-refractivity contribution >= 4 is 44.6 Å². The molecular formula is C23H21N3O3S2. The molecule has 6 nitrogen and oxygen atoms in total. The average Bonchev–Trinajstić information content (AvgIpc) is 3.36. The molecule has 8 heteroatoms. The third-order valence-corrected chi connectivity index (χ3v) is 6.86. The molecule has 0 saturated carbocycles. The Kier molecular flexibility index (Phi) is 6.11. The predicted octanol–water partition coefficient (Wildman–Crippen LogP) is 4.06. The fourth-order valence-electron chi connectivity index (χ4n) is 3.33. The molecule has 0 unspecified atom stereocenters. The summed E-state index contributed by atoms with van der Waals surface area (Å²) in [4.78, 5) is 44.2. The van der Waals surface area contributed by atoms with Crippen LogP contribution in [0.15, 0.2) is 52.9 Å². The molecule has 0 saturated heterocycles. The molecule has 4 aromatic rings. The van der Waals surface area contributed by atoms with E-state index in [-0.39, 0.29) is 23.8 Å². The molecule has 158 valence electrons. The first-order valence-corrected chi connectivity index (χ1v) is 11.5. The number of carbonyl (C=O) groups is 2. The maximum Gasteiger partial charge on any atom is 0.263 e. The first kappa shape index (κ1) is 21.1. The Morgan fingerprint density at radius 1 is 1.13 bits per heavy atom. The standard InChI is InChI=1S/C23H21N3O3S2/c1-14-3-8-20(31-14)18-12-30-22-21(18)23(29)26(13-25-22)11-19(28)17-6-4-16(5-7-17)9-10-24-15(2)27/h3-8,12-13H,9-11H2,1-2H3,(H,24,27). The number of nitrogens with zero attached hydrogens (tertiary/aromatic N) is 2. The van der Waals surface area contributed by atoms with Crippen LogP contribution in [0.5, 0.6) is 0 Å². The summed E-state index contributed by atoms with van der Waals surface area (Å²) in [6.45, 7) is 4.00. The smallest absolute Gasteiger partial charge is 0.263 e. The minimum Gasteiger partial charge on any atom is -0.356 e. The number of Topliss-reactive ketones (excluding diaryl/α,β-unsaturated/α-hetero) is 1. The Morgan fingerprint density at radius 2 is 1.90 bits per heavy atom. The number of amides is 1. The van der Waals surface area contributed by atoms with Crippen LogP contribution < -0.4 is 10.9 Å². The van der Waals surface area contributed by atoms with Crippen LogP contribution >= 0.6 is 22.7 Å². The van der Waals surface area contributed by atoms with Gasteiger partial charge in [-0.15, -0.1) is 22.7 Å². The summed E-state index contributed by atoms with van der Waals surface area (Å²) in [7, 11) is 0. The monoisotopic (exact) mass is 451 g/mol. The maximum atomic E-state index is 13.1. The second kappa shape index (κ2) is 8.95. The Balaban J connectivity index is 1.54. The van der Waals surface area contributed by atoms with Gasteiger partial charge >= 0.3 is 0 Å². The molecule has 0 fully saturated rings. The lowest BCUT2D eigenvalue weighted by molar-refractivity contribution is -0.118. The zero-order valence-corrected chi connectivity index (χ0v) is 18.8. The third-order valence-electron chi connectivity index (χ3n) is 4.94. The highest BCUT2D eigenvalue weighted by Crippen LogP contribution is 2.34. The molecule has 0 aliphatic heterocycles. The Labute approximate surface area is 187 Å². The summed E-state index contributed by atoms with van der Waals surface area (Å²) >= 11 is 3.07. The van der Waals surface area contributed by atoms with Gasteiger partial charge in [0, 0.05) is 39.7 Å². The van der Waals surface area contributed by atoms with Crippen molar-refractivity contribution in [1.82, 2.24) is 14.9 Å². The lowest BCUT2D eigenvalue weighted by atomic mass is 10.1. The van der Waals surface area contributed by atoms with E-state index in [1.165, 1.54) is 34.0 Å². The summed E-state index contributed by atoms with van der Waals surface area (Å²) in [5, 5.41) is 5.27. The van der Waals surface area contributed by atoms with E-state index >= 15 is 0 Å². The number of fused-ring (bicyclic) bond motifs is 1. The van der Waals surface area contributed by atoms with Crippen LogP contribution in [0, 0.1) is 6.92 Å². The molecule has 0 aliphatic rings. The number of carbonyl (C=O) groups excluding carboxylic acids is 2. The largest absolute Gasteiger partial charge is 0.356 e. The van der Waals surface area contributed by atoms with Crippen molar-refractivity contribution in [1.29, 1.82) is 0 Å². The molecule has 0 radical (unpaired) electrons. The van der Waals surface area contributed by atoms with Gasteiger partial charge in [-0.1, -0.05) is 24.3 Å². The number of aromatic nitrogens is 2. The minimum absolute atomic E-state index is 0.0637. The van der Waals surface area contributed by atoms with Crippen LogP contribution in [0.3, 0.4) is 0 Å². The maximum absolute atomic E-state index is 13.1. The topological polar surface area (TPSA) is 81.1 Å². The molecule has 1 amide bonds. The summed E-state index contributed by atoms with van der Waals surface area (Å²) in [6, 6.07) is 11.3. The fraction of sp³-hybridized carbons (Fsp3) is 0.217. The van der Waals surface area contributed by atoms with Gasteiger partial charge in [-0.3, -0.25) is 19.0 Å². The second-order valence-electron chi connectivity index (χ2n) is 7.27. The average molecular weight is 452 g/mol. The summed E-state index contributed by atoms with van der Waals surface area (Å²) in [5.41, 5.74) is 2.24. The molecule has 1 aromatic carbocycles. The highest BCUT2D eigenvalue weighted by molar-refractivity contribution is 7.19. The summed E-state index contributed by atoms with van der Waals surface area (Å²) < 4.78 is 1.38. The molecular weight excluding hydrogens is 430 g/mol. The molecule has 31 heavy (non-hydrogen) atoms. The van der Waals surface area contributed by atoms with Crippen LogP contribution in [-0.4, -0.2) is 27.8 Å². The minimum atomic E-state index is -0.201. The van der Waals surface area contributed by atoms with Crippen LogP contribution in [0.4, 0.5) is 0 Å². The van der Waals surface area contributed by atoms with Crippen LogP contribution in [0.1, 0.15) is 27.7 Å².